The van der Waals surface area contributed by atoms with Gasteiger partial charge in [-0.05, 0) is 77.2 Å². The number of carbonyl (C=O) groups is 2. The number of halogens is 1. The molecule has 188 valence electrons. The van der Waals surface area contributed by atoms with Crippen molar-refractivity contribution in [3.8, 4) is 11.5 Å². The fourth-order valence-corrected chi connectivity index (χ4v) is 3.93. The van der Waals surface area contributed by atoms with E-state index in [1.807, 2.05) is 69.3 Å². The maximum absolute atomic E-state index is 12.2. The third kappa shape index (κ3) is 7.68. The molecule has 0 heterocycles. The standard InChI is InChI=1S/C28H30BrN3O4/c1-18-8-10-21(11-9-18)17-36-28-23(29)14-22(15-25(28)35-4)16-30-32-27(34)13-12-26(33)31-24-7-5-6-19(2)20(24)3/h5-11,14-16H,12-13,17H2,1-4H3,(H,31,33)(H,32,34). The Kier molecular flexibility index (Phi) is 9.64. The average Bonchev–Trinajstić information content (AvgIpc) is 2.85. The van der Waals surface area contributed by atoms with E-state index in [1.54, 1.807) is 13.2 Å². The summed E-state index contributed by atoms with van der Waals surface area (Å²) >= 11 is 3.52. The van der Waals surface area contributed by atoms with Crippen molar-refractivity contribution in [3.63, 3.8) is 0 Å². The van der Waals surface area contributed by atoms with Gasteiger partial charge in [-0.15, -0.1) is 0 Å². The quantitative estimate of drug-likeness (QED) is 0.245. The third-order valence-electron chi connectivity index (χ3n) is 5.62. The van der Waals surface area contributed by atoms with Gasteiger partial charge in [-0.1, -0.05) is 42.0 Å². The van der Waals surface area contributed by atoms with Gasteiger partial charge in [0.2, 0.25) is 11.8 Å². The van der Waals surface area contributed by atoms with Crippen LogP contribution in [0.25, 0.3) is 0 Å². The molecule has 0 saturated carbocycles. The molecule has 0 unspecified atom stereocenters. The predicted octanol–water partition coefficient (Wildman–Crippen LogP) is 5.83. The summed E-state index contributed by atoms with van der Waals surface area (Å²) in [4.78, 5) is 24.4. The van der Waals surface area contributed by atoms with Gasteiger partial charge in [-0.3, -0.25) is 9.59 Å². The molecule has 0 fully saturated rings. The van der Waals surface area contributed by atoms with Gasteiger partial charge in [-0.25, -0.2) is 5.43 Å². The zero-order chi connectivity index (χ0) is 26.1. The van der Waals surface area contributed by atoms with E-state index < -0.39 is 0 Å². The Balaban J connectivity index is 1.52. The van der Waals surface area contributed by atoms with Gasteiger partial charge in [0.1, 0.15) is 6.61 Å². The van der Waals surface area contributed by atoms with Crippen LogP contribution < -0.4 is 20.2 Å². The molecule has 0 spiro atoms. The number of hydrogen-bond acceptors (Lipinski definition) is 5. The fourth-order valence-electron chi connectivity index (χ4n) is 3.36. The van der Waals surface area contributed by atoms with E-state index in [-0.39, 0.29) is 24.7 Å². The van der Waals surface area contributed by atoms with Crippen LogP contribution in [0.2, 0.25) is 0 Å². The number of hydrogen-bond donors (Lipinski definition) is 2. The van der Waals surface area contributed by atoms with Crippen LogP contribution in [0, 0.1) is 20.8 Å². The number of nitrogens with zero attached hydrogens (tertiary/aromatic N) is 1. The second-order valence-corrected chi connectivity index (χ2v) is 9.25. The molecule has 0 radical (unpaired) electrons. The zero-order valence-electron chi connectivity index (χ0n) is 20.9. The highest BCUT2D eigenvalue weighted by Gasteiger charge is 2.12. The molecule has 3 aromatic rings. The van der Waals surface area contributed by atoms with Crippen molar-refractivity contribution in [1.29, 1.82) is 0 Å². The number of anilines is 1. The first-order valence-corrected chi connectivity index (χ1v) is 12.3. The van der Waals surface area contributed by atoms with Gasteiger partial charge in [0.15, 0.2) is 11.5 Å². The van der Waals surface area contributed by atoms with Crippen LogP contribution in [-0.4, -0.2) is 25.1 Å². The maximum Gasteiger partial charge on any atom is 0.240 e. The molecule has 0 aliphatic heterocycles. The minimum absolute atomic E-state index is 0.0207. The molecule has 0 aliphatic carbocycles. The molecular formula is C28H30BrN3O4. The number of rotatable bonds is 10. The molecular weight excluding hydrogens is 522 g/mol. The normalized spacial score (nSPS) is 10.8. The lowest BCUT2D eigenvalue weighted by molar-refractivity contribution is -0.124. The fraction of sp³-hybridized carbons (Fsp3) is 0.250. The number of aryl methyl sites for hydroxylation is 2. The molecule has 0 atom stereocenters. The van der Waals surface area contributed by atoms with Crippen molar-refractivity contribution in [1.82, 2.24) is 5.43 Å². The molecule has 0 bridgehead atoms. The first-order chi connectivity index (χ1) is 17.3. The van der Waals surface area contributed by atoms with Crippen LogP contribution in [0.15, 0.2) is 64.2 Å². The van der Waals surface area contributed by atoms with E-state index in [9.17, 15) is 9.59 Å². The van der Waals surface area contributed by atoms with Gasteiger partial charge in [-0.2, -0.15) is 5.10 Å². The number of hydrazone groups is 1. The van der Waals surface area contributed by atoms with Crippen LogP contribution in [0.3, 0.4) is 0 Å². The summed E-state index contributed by atoms with van der Waals surface area (Å²) in [5.41, 5.74) is 8.25. The van der Waals surface area contributed by atoms with E-state index in [0.717, 1.165) is 22.4 Å². The van der Waals surface area contributed by atoms with Crippen LogP contribution in [0.1, 0.15) is 40.7 Å². The Hall–Kier alpha value is -3.65. The molecule has 3 aromatic carbocycles. The van der Waals surface area contributed by atoms with Crippen molar-refractivity contribution in [2.24, 2.45) is 5.10 Å². The summed E-state index contributed by atoms with van der Waals surface area (Å²) in [5.74, 6) is 0.533. The number of carbonyl (C=O) groups excluding carboxylic acids is 2. The Morgan fingerprint density at radius 1 is 1.00 bits per heavy atom. The summed E-state index contributed by atoms with van der Waals surface area (Å²) < 4.78 is 12.2. The van der Waals surface area contributed by atoms with E-state index in [0.29, 0.717) is 28.1 Å². The van der Waals surface area contributed by atoms with Gasteiger partial charge in [0.05, 0.1) is 17.8 Å². The summed E-state index contributed by atoms with van der Waals surface area (Å²) in [6, 6.07) is 17.4. The minimum Gasteiger partial charge on any atom is -0.493 e. The molecule has 36 heavy (non-hydrogen) atoms. The van der Waals surface area contributed by atoms with Crippen LogP contribution in [-0.2, 0) is 16.2 Å². The molecule has 3 rings (SSSR count). The van der Waals surface area contributed by atoms with E-state index in [1.165, 1.54) is 11.8 Å². The maximum atomic E-state index is 12.2. The van der Waals surface area contributed by atoms with Gasteiger partial charge >= 0.3 is 0 Å². The summed E-state index contributed by atoms with van der Waals surface area (Å²) in [6.45, 7) is 6.37. The second kappa shape index (κ2) is 12.9. The molecule has 7 nitrogen and oxygen atoms in total. The minimum atomic E-state index is -0.355. The molecule has 0 saturated heterocycles. The lowest BCUT2D eigenvalue weighted by Gasteiger charge is -2.13. The van der Waals surface area contributed by atoms with E-state index in [2.05, 4.69) is 31.8 Å². The van der Waals surface area contributed by atoms with Gasteiger partial charge in [0, 0.05) is 18.5 Å². The topological polar surface area (TPSA) is 89.0 Å². The van der Waals surface area contributed by atoms with Gasteiger partial charge < -0.3 is 14.8 Å². The first kappa shape index (κ1) is 26.9. The van der Waals surface area contributed by atoms with E-state index in [4.69, 9.17) is 9.47 Å². The number of amides is 2. The van der Waals surface area contributed by atoms with Crippen molar-refractivity contribution >= 4 is 39.6 Å². The number of nitrogens with one attached hydrogen (secondary N) is 2. The highest BCUT2D eigenvalue weighted by Crippen LogP contribution is 2.36. The Morgan fingerprint density at radius 3 is 2.44 bits per heavy atom. The predicted molar refractivity (Wildman–Crippen MR) is 146 cm³/mol. The lowest BCUT2D eigenvalue weighted by Crippen LogP contribution is -2.21. The Labute approximate surface area is 220 Å². The summed E-state index contributed by atoms with van der Waals surface area (Å²) in [6.07, 6.45) is 1.58. The van der Waals surface area contributed by atoms with Crippen LogP contribution >= 0.6 is 15.9 Å². The average molecular weight is 552 g/mol. The SMILES string of the molecule is COc1cc(C=NNC(=O)CCC(=O)Nc2cccc(C)c2C)cc(Br)c1OCc1ccc(C)cc1. The summed E-state index contributed by atoms with van der Waals surface area (Å²) in [7, 11) is 1.56. The first-order valence-electron chi connectivity index (χ1n) is 11.5. The lowest BCUT2D eigenvalue weighted by atomic mass is 10.1. The summed E-state index contributed by atoms with van der Waals surface area (Å²) in [5, 5.41) is 6.85. The Bertz CT molecular complexity index is 1260. The molecule has 2 amide bonds. The van der Waals surface area contributed by atoms with Crippen LogP contribution in [0.5, 0.6) is 11.5 Å². The highest BCUT2D eigenvalue weighted by atomic mass is 79.9. The monoisotopic (exact) mass is 551 g/mol. The van der Waals surface area contributed by atoms with Gasteiger partial charge in [0.25, 0.3) is 0 Å². The smallest absolute Gasteiger partial charge is 0.240 e. The zero-order valence-corrected chi connectivity index (χ0v) is 22.4. The largest absolute Gasteiger partial charge is 0.493 e. The Morgan fingerprint density at radius 2 is 1.72 bits per heavy atom. The number of ether oxygens (including phenoxy) is 2. The van der Waals surface area contributed by atoms with Crippen molar-refractivity contribution in [3.05, 3.63) is 86.9 Å². The molecule has 0 aromatic heterocycles. The molecule has 2 N–H and O–H groups in total. The van der Waals surface area contributed by atoms with E-state index >= 15 is 0 Å². The molecule has 8 heteroatoms. The second-order valence-electron chi connectivity index (χ2n) is 8.40. The van der Waals surface area contributed by atoms with Crippen molar-refractivity contribution < 1.29 is 19.1 Å². The molecule has 0 aliphatic rings. The highest BCUT2D eigenvalue weighted by molar-refractivity contribution is 9.10. The number of benzene rings is 3. The third-order valence-corrected chi connectivity index (χ3v) is 6.21. The van der Waals surface area contributed by atoms with Crippen molar-refractivity contribution in [2.45, 2.75) is 40.2 Å². The van der Waals surface area contributed by atoms with Crippen LogP contribution in [0.4, 0.5) is 5.69 Å². The van der Waals surface area contributed by atoms with Crippen molar-refractivity contribution in [2.75, 3.05) is 12.4 Å². The number of methoxy groups -OCH3 is 1.